The minimum atomic E-state index is -1.03. The van der Waals surface area contributed by atoms with Crippen LogP contribution in [-0.2, 0) is 11.3 Å². The van der Waals surface area contributed by atoms with Crippen LogP contribution in [0.3, 0.4) is 0 Å². The number of rotatable bonds is 4. The van der Waals surface area contributed by atoms with E-state index in [0.29, 0.717) is 18.8 Å². The second kappa shape index (κ2) is 6.33. The van der Waals surface area contributed by atoms with Crippen LogP contribution in [0.25, 0.3) is 0 Å². The van der Waals surface area contributed by atoms with Crippen molar-refractivity contribution in [2.45, 2.75) is 19.0 Å². The predicted octanol–water partition coefficient (Wildman–Crippen LogP) is 0.710. The second-order valence-corrected chi connectivity index (χ2v) is 4.68. The summed E-state index contributed by atoms with van der Waals surface area (Å²) < 4.78 is 4.56. The number of nitrogens with zero attached hydrogens (tertiary/aromatic N) is 2. The SMILES string of the molecule is COC(=O)NC1CCN(Cc2cccc(C(=O)O)n2)C1. The highest BCUT2D eigenvalue weighted by Gasteiger charge is 2.24. The second-order valence-electron chi connectivity index (χ2n) is 4.68. The third-order valence-electron chi connectivity index (χ3n) is 3.19. The van der Waals surface area contributed by atoms with Crippen LogP contribution in [0.1, 0.15) is 22.6 Å². The van der Waals surface area contributed by atoms with Gasteiger partial charge in [0.15, 0.2) is 0 Å². The Bertz CT molecular complexity index is 506. The zero-order valence-electron chi connectivity index (χ0n) is 11.2. The molecule has 0 aliphatic carbocycles. The van der Waals surface area contributed by atoms with Crippen molar-refractivity contribution in [2.75, 3.05) is 20.2 Å². The van der Waals surface area contributed by atoms with Crippen molar-refractivity contribution in [3.8, 4) is 0 Å². The quantitative estimate of drug-likeness (QED) is 0.843. The van der Waals surface area contributed by atoms with Gasteiger partial charge in [0, 0.05) is 25.7 Å². The number of aromatic nitrogens is 1. The number of amides is 1. The number of ether oxygens (including phenoxy) is 1. The number of alkyl carbamates (subject to hydrolysis) is 1. The monoisotopic (exact) mass is 279 g/mol. The Hall–Kier alpha value is -2.15. The molecule has 1 aromatic heterocycles. The lowest BCUT2D eigenvalue weighted by Crippen LogP contribution is -2.36. The zero-order valence-corrected chi connectivity index (χ0v) is 11.2. The van der Waals surface area contributed by atoms with E-state index in [1.165, 1.54) is 13.2 Å². The number of carbonyl (C=O) groups is 2. The average molecular weight is 279 g/mol. The zero-order chi connectivity index (χ0) is 14.5. The molecule has 0 saturated carbocycles. The molecule has 1 aromatic rings. The third-order valence-corrected chi connectivity index (χ3v) is 3.19. The molecule has 2 heterocycles. The third kappa shape index (κ3) is 3.67. The number of hydrogen-bond donors (Lipinski definition) is 2. The van der Waals surface area contributed by atoms with Crippen LogP contribution in [0.5, 0.6) is 0 Å². The van der Waals surface area contributed by atoms with Crippen LogP contribution in [0.15, 0.2) is 18.2 Å². The van der Waals surface area contributed by atoms with Crippen LogP contribution in [0.4, 0.5) is 4.79 Å². The van der Waals surface area contributed by atoms with E-state index in [1.54, 1.807) is 12.1 Å². The van der Waals surface area contributed by atoms with Gasteiger partial charge < -0.3 is 15.2 Å². The molecule has 2 N–H and O–H groups in total. The molecule has 0 spiro atoms. The topological polar surface area (TPSA) is 91.8 Å². The van der Waals surface area contributed by atoms with E-state index < -0.39 is 12.1 Å². The molecule has 1 aliphatic rings. The summed E-state index contributed by atoms with van der Waals surface area (Å²) >= 11 is 0. The van der Waals surface area contributed by atoms with Crippen LogP contribution in [0, 0.1) is 0 Å². The van der Waals surface area contributed by atoms with Crippen LogP contribution < -0.4 is 5.32 Å². The molecule has 0 bridgehead atoms. The molecule has 7 heteroatoms. The summed E-state index contributed by atoms with van der Waals surface area (Å²) in [7, 11) is 1.34. The first-order valence-corrected chi connectivity index (χ1v) is 6.34. The van der Waals surface area contributed by atoms with Gasteiger partial charge >= 0.3 is 12.1 Å². The van der Waals surface area contributed by atoms with Crippen molar-refractivity contribution in [3.05, 3.63) is 29.6 Å². The molecule has 0 radical (unpaired) electrons. The predicted molar refractivity (Wildman–Crippen MR) is 70.4 cm³/mol. The Morgan fingerprint density at radius 2 is 2.35 bits per heavy atom. The number of pyridine rings is 1. The maximum atomic E-state index is 11.1. The fourth-order valence-corrected chi connectivity index (χ4v) is 2.24. The normalized spacial score (nSPS) is 18.8. The highest BCUT2D eigenvalue weighted by Crippen LogP contribution is 2.13. The number of likely N-dealkylation sites (tertiary alicyclic amines) is 1. The first-order valence-electron chi connectivity index (χ1n) is 6.34. The van der Waals surface area contributed by atoms with E-state index >= 15 is 0 Å². The summed E-state index contributed by atoms with van der Waals surface area (Å²) in [6, 6.07) is 5.02. The number of methoxy groups -OCH3 is 1. The first-order chi connectivity index (χ1) is 9.58. The van der Waals surface area contributed by atoms with Crippen LogP contribution in [0.2, 0.25) is 0 Å². The van der Waals surface area contributed by atoms with Crippen molar-refractivity contribution in [1.29, 1.82) is 0 Å². The maximum Gasteiger partial charge on any atom is 0.407 e. The van der Waals surface area contributed by atoms with Gasteiger partial charge in [0.2, 0.25) is 0 Å². The lowest BCUT2D eigenvalue weighted by molar-refractivity contribution is 0.0690. The van der Waals surface area contributed by atoms with Gasteiger partial charge in [-0.05, 0) is 18.6 Å². The molecule has 0 aromatic carbocycles. The van der Waals surface area contributed by atoms with Crippen molar-refractivity contribution >= 4 is 12.1 Å². The molecule has 1 fully saturated rings. The van der Waals surface area contributed by atoms with Gasteiger partial charge in [-0.1, -0.05) is 6.07 Å². The number of aromatic carboxylic acids is 1. The molecule has 1 amide bonds. The molecular formula is C13H17N3O4. The summed E-state index contributed by atoms with van der Waals surface area (Å²) in [4.78, 5) is 28.2. The smallest absolute Gasteiger partial charge is 0.407 e. The average Bonchev–Trinajstić information content (AvgIpc) is 2.86. The number of nitrogens with one attached hydrogen (secondary N) is 1. The van der Waals surface area contributed by atoms with E-state index in [0.717, 1.165) is 13.0 Å². The molecule has 20 heavy (non-hydrogen) atoms. The highest BCUT2D eigenvalue weighted by molar-refractivity contribution is 5.85. The summed E-state index contributed by atoms with van der Waals surface area (Å²) in [6.07, 6.45) is 0.413. The summed E-state index contributed by atoms with van der Waals surface area (Å²) in [6.45, 7) is 2.10. The Morgan fingerprint density at radius 1 is 1.55 bits per heavy atom. The minimum Gasteiger partial charge on any atom is -0.477 e. The Balaban J connectivity index is 1.90. The molecule has 2 rings (SSSR count). The molecule has 1 aliphatic heterocycles. The highest BCUT2D eigenvalue weighted by atomic mass is 16.5. The Kier molecular flexibility index (Phi) is 4.52. The maximum absolute atomic E-state index is 11.1. The lowest BCUT2D eigenvalue weighted by Gasteiger charge is -2.16. The van der Waals surface area contributed by atoms with Crippen molar-refractivity contribution < 1.29 is 19.4 Å². The van der Waals surface area contributed by atoms with Crippen molar-refractivity contribution in [1.82, 2.24) is 15.2 Å². The minimum absolute atomic E-state index is 0.0472. The molecular weight excluding hydrogens is 262 g/mol. The van der Waals surface area contributed by atoms with Crippen LogP contribution >= 0.6 is 0 Å². The Labute approximate surface area is 116 Å². The van der Waals surface area contributed by atoms with Gasteiger partial charge in [-0.15, -0.1) is 0 Å². The fraction of sp³-hybridized carbons (Fsp3) is 0.462. The molecule has 7 nitrogen and oxygen atoms in total. The van der Waals surface area contributed by atoms with Crippen molar-refractivity contribution in [2.24, 2.45) is 0 Å². The Morgan fingerprint density at radius 3 is 3.05 bits per heavy atom. The number of carbonyl (C=O) groups excluding carboxylic acids is 1. The van der Waals surface area contributed by atoms with Gasteiger partial charge in [0.1, 0.15) is 5.69 Å². The molecule has 1 saturated heterocycles. The number of carboxylic acids is 1. The van der Waals surface area contributed by atoms with Gasteiger partial charge in [-0.3, -0.25) is 4.90 Å². The summed E-state index contributed by atoms with van der Waals surface area (Å²) in [5.74, 6) is -1.03. The number of hydrogen-bond acceptors (Lipinski definition) is 5. The first kappa shape index (κ1) is 14.3. The van der Waals surface area contributed by atoms with Crippen LogP contribution in [-0.4, -0.2) is 53.3 Å². The standard InChI is InChI=1S/C13H17N3O4/c1-20-13(19)15-10-5-6-16(8-10)7-9-3-2-4-11(14-9)12(17)18/h2-4,10H,5-8H2,1H3,(H,15,19)(H,17,18). The summed E-state index contributed by atoms with van der Waals surface area (Å²) in [5.41, 5.74) is 0.759. The largest absolute Gasteiger partial charge is 0.477 e. The molecule has 108 valence electrons. The van der Waals surface area contributed by atoms with Gasteiger partial charge in [0.05, 0.1) is 12.8 Å². The summed E-state index contributed by atoms with van der Waals surface area (Å²) in [5, 5.41) is 11.7. The lowest BCUT2D eigenvalue weighted by atomic mass is 10.3. The van der Waals surface area contributed by atoms with Gasteiger partial charge in [-0.25, -0.2) is 14.6 Å². The number of carboxylic acid groups (broad SMARTS) is 1. The van der Waals surface area contributed by atoms with Gasteiger partial charge in [0.25, 0.3) is 0 Å². The van der Waals surface area contributed by atoms with E-state index in [9.17, 15) is 9.59 Å². The fourth-order valence-electron chi connectivity index (χ4n) is 2.24. The van der Waals surface area contributed by atoms with E-state index in [-0.39, 0.29) is 11.7 Å². The van der Waals surface area contributed by atoms with E-state index in [1.807, 2.05) is 0 Å². The molecule has 1 atom stereocenters. The van der Waals surface area contributed by atoms with Gasteiger partial charge in [-0.2, -0.15) is 0 Å². The van der Waals surface area contributed by atoms with E-state index in [2.05, 4.69) is 19.9 Å². The van der Waals surface area contributed by atoms with E-state index in [4.69, 9.17) is 5.11 Å². The van der Waals surface area contributed by atoms with Crippen molar-refractivity contribution in [3.63, 3.8) is 0 Å². The molecule has 1 unspecified atom stereocenters.